The number of aromatic nitrogens is 3. The van der Waals surface area contributed by atoms with E-state index in [0.717, 1.165) is 50.7 Å². The summed E-state index contributed by atoms with van der Waals surface area (Å²) in [7, 11) is 0. The maximum atomic E-state index is 12.4. The molecule has 7 heteroatoms. The molecule has 0 radical (unpaired) electrons. The summed E-state index contributed by atoms with van der Waals surface area (Å²) in [5.74, 6) is 1.91. The molecular weight excluding hydrogens is 382 g/mol. The Morgan fingerprint density at radius 3 is 2.79 bits per heavy atom. The molecule has 1 amide bonds. The molecule has 3 aromatic rings. The van der Waals surface area contributed by atoms with Crippen molar-refractivity contribution in [2.24, 2.45) is 0 Å². The Kier molecular flexibility index (Phi) is 6.36. The highest BCUT2D eigenvalue weighted by Crippen LogP contribution is 2.18. The fourth-order valence-corrected chi connectivity index (χ4v) is 4.52. The van der Waals surface area contributed by atoms with Crippen LogP contribution in [0.5, 0.6) is 0 Å². The molecule has 0 bridgehead atoms. The van der Waals surface area contributed by atoms with Gasteiger partial charge in [-0.3, -0.25) is 9.69 Å². The lowest BCUT2D eigenvalue weighted by molar-refractivity contribution is -0.121. The van der Waals surface area contributed by atoms with E-state index >= 15 is 0 Å². The van der Waals surface area contributed by atoms with E-state index in [1.165, 1.54) is 10.4 Å². The van der Waals surface area contributed by atoms with Crippen LogP contribution in [-0.4, -0.2) is 38.7 Å². The number of nitrogens with one attached hydrogen (secondary N) is 1. The fourth-order valence-electron chi connectivity index (χ4n) is 3.77. The molecule has 1 N–H and O–H groups in total. The van der Waals surface area contributed by atoms with Crippen molar-refractivity contribution >= 4 is 17.2 Å². The van der Waals surface area contributed by atoms with Gasteiger partial charge in [-0.25, -0.2) is 0 Å². The number of fused-ring (bicyclic) bond motifs is 1. The Morgan fingerprint density at radius 1 is 1.14 bits per heavy atom. The van der Waals surface area contributed by atoms with Crippen molar-refractivity contribution in [2.45, 2.75) is 45.3 Å². The molecule has 0 aliphatic carbocycles. The molecule has 1 atom stereocenters. The van der Waals surface area contributed by atoms with Crippen molar-refractivity contribution in [1.29, 1.82) is 0 Å². The number of rotatable bonds is 7. The molecule has 152 valence electrons. The highest BCUT2D eigenvalue weighted by Gasteiger charge is 2.22. The van der Waals surface area contributed by atoms with Crippen molar-refractivity contribution in [2.75, 3.05) is 13.1 Å². The lowest BCUT2D eigenvalue weighted by atomic mass is 10.1. The van der Waals surface area contributed by atoms with Crippen LogP contribution < -0.4 is 5.32 Å². The van der Waals surface area contributed by atoms with E-state index < -0.39 is 0 Å². The molecule has 0 fully saturated rings. The van der Waals surface area contributed by atoms with Crippen molar-refractivity contribution in [1.82, 2.24) is 25.0 Å². The van der Waals surface area contributed by atoms with E-state index in [-0.39, 0.29) is 11.9 Å². The highest BCUT2D eigenvalue weighted by molar-refractivity contribution is 7.09. The Balaban J connectivity index is 1.33. The summed E-state index contributed by atoms with van der Waals surface area (Å²) in [4.78, 5) is 16.3. The number of benzene rings is 1. The molecule has 29 heavy (non-hydrogen) atoms. The molecule has 0 saturated heterocycles. The largest absolute Gasteiger partial charge is 0.346 e. The Hall–Kier alpha value is -2.51. The van der Waals surface area contributed by atoms with Gasteiger partial charge in [-0.15, -0.1) is 21.5 Å². The van der Waals surface area contributed by atoms with Crippen molar-refractivity contribution < 1.29 is 4.79 Å². The first-order chi connectivity index (χ1) is 14.2. The minimum atomic E-state index is -0.150. The molecule has 1 aliphatic heterocycles. The van der Waals surface area contributed by atoms with Crippen molar-refractivity contribution in [3.05, 3.63) is 69.9 Å². The van der Waals surface area contributed by atoms with Crippen LogP contribution in [0.15, 0.2) is 47.8 Å². The lowest BCUT2D eigenvalue weighted by Gasteiger charge is -2.19. The number of thiophene rings is 1. The van der Waals surface area contributed by atoms with Crippen molar-refractivity contribution in [3.63, 3.8) is 0 Å². The molecule has 1 aliphatic rings. The second kappa shape index (κ2) is 9.33. The van der Waals surface area contributed by atoms with E-state index in [1.54, 1.807) is 11.3 Å². The third kappa shape index (κ3) is 5.10. The first-order valence-corrected chi connectivity index (χ1v) is 11.1. The molecule has 0 spiro atoms. The molecule has 0 unspecified atom stereocenters. The molecule has 3 heterocycles. The summed E-state index contributed by atoms with van der Waals surface area (Å²) < 4.78 is 2.19. The van der Waals surface area contributed by atoms with Crippen molar-refractivity contribution in [3.8, 4) is 0 Å². The third-order valence-corrected chi connectivity index (χ3v) is 6.22. The zero-order chi connectivity index (χ0) is 20.1. The average molecular weight is 410 g/mol. The van der Waals surface area contributed by atoms with E-state index in [9.17, 15) is 4.79 Å². The second-order valence-corrected chi connectivity index (χ2v) is 8.54. The van der Waals surface area contributed by atoms with Gasteiger partial charge < -0.3 is 9.88 Å². The number of amides is 1. The zero-order valence-corrected chi connectivity index (χ0v) is 17.6. The smallest absolute Gasteiger partial charge is 0.220 e. The first-order valence-electron chi connectivity index (χ1n) is 10.2. The number of hydrogen-bond donors (Lipinski definition) is 1. The average Bonchev–Trinajstić information content (AvgIpc) is 3.34. The summed E-state index contributed by atoms with van der Waals surface area (Å²) >= 11 is 1.80. The zero-order valence-electron chi connectivity index (χ0n) is 16.8. The number of aryl methyl sites for hydroxylation is 1. The topological polar surface area (TPSA) is 63.1 Å². The summed E-state index contributed by atoms with van der Waals surface area (Å²) in [6.45, 7) is 5.77. The molecule has 0 saturated carbocycles. The molecule has 6 nitrogen and oxygen atoms in total. The number of carbonyl (C=O) groups excluding carboxylic acids is 1. The second-order valence-electron chi connectivity index (χ2n) is 7.51. The molecule has 4 rings (SSSR count). The van der Waals surface area contributed by atoms with Gasteiger partial charge in [-0.2, -0.15) is 0 Å². The summed E-state index contributed by atoms with van der Waals surface area (Å²) in [5.41, 5.74) is 1.18. The lowest BCUT2D eigenvalue weighted by Crippen LogP contribution is -2.30. The predicted molar refractivity (Wildman–Crippen MR) is 115 cm³/mol. The van der Waals surface area contributed by atoms with Gasteiger partial charge in [-0.1, -0.05) is 36.4 Å². The normalized spacial score (nSPS) is 15.5. The van der Waals surface area contributed by atoms with Gasteiger partial charge in [-0.05, 0) is 30.4 Å². The Bertz CT molecular complexity index is 922. The van der Waals surface area contributed by atoms with Gasteiger partial charge >= 0.3 is 0 Å². The van der Waals surface area contributed by atoms with Gasteiger partial charge in [0.1, 0.15) is 5.82 Å². The monoisotopic (exact) mass is 409 g/mol. The van der Waals surface area contributed by atoms with E-state index in [1.807, 2.05) is 25.1 Å². The molecule has 2 aromatic heterocycles. The quantitative estimate of drug-likeness (QED) is 0.651. The number of nitrogens with zero attached hydrogens (tertiary/aromatic N) is 4. The molecule has 1 aromatic carbocycles. The van der Waals surface area contributed by atoms with Crippen LogP contribution in [0.25, 0.3) is 0 Å². The van der Waals surface area contributed by atoms with Crippen LogP contribution in [0.1, 0.15) is 41.5 Å². The van der Waals surface area contributed by atoms with Crippen LogP contribution in [0, 0.1) is 0 Å². The minimum absolute atomic E-state index is 0.0478. The van der Waals surface area contributed by atoms with Crippen LogP contribution in [0.4, 0.5) is 0 Å². The number of hydrogen-bond acceptors (Lipinski definition) is 5. The Morgan fingerprint density at radius 2 is 2.00 bits per heavy atom. The SMILES string of the molecule is C[C@H](NC(=O)CCc1ccccc1)c1nnc2n1CCN(Cc1cccs1)CC2. The van der Waals surface area contributed by atoms with Gasteiger partial charge in [0.15, 0.2) is 5.82 Å². The van der Waals surface area contributed by atoms with Gasteiger partial charge in [0.25, 0.3) is 0 Å². The standard InChI is InChI=1S/C22H27N5OS/c1-17(23-21(28)10-9-18-6-3-2-4-7-18)22-25-24-20-11-12-26(13-14-27(20)22)16-19-8-5-15-29-19/h2-8,15,17H,9-14,16H2,1H3,(H,23,28)/t17-/m0/s1. The van der Waals surface area contributed by atoms with E-state index in [4.69, 9.17) is 0 Å². The highest BCUT2D eigenvalue weighted by atomic mass is 32.1. The summed E-state index contributed by atoms with van der Waals surface area (Å²) in [6, 6.07) is 14.2. The van der Waals surface area contributed by atoms with Crippen LogP contribution >= 0.6 is 11.3 Å². The third-order valence-electron chi connectivity index (χ3n) is 5.36. The van der Waals surface area contributed by atoms with Crippen LogP contribution in [-0.2, 0) is 30.7 Å². The number of carbonyl (C=O) groups is 1. The summed E-state index contributed by atoms with van der Waals surface area (Å²) in [6.07, 6.45) is 2.10. The maximum Gasteiger partial charge on any atom is 0.220 e. The van der Waals surface area contributed by atoms with E-state index in [2.05, 4.69) is 54.6 Å². The van der Waals surface area contributed by atoms with Gasteiger partial charge in [0, 0.05) is 43.9 Å². The van der Waals surface area contributed by atoms with Gasteiger partial charge in [0.2, 0.25) is 5.91 Å². The van der Waals surface area contributed by atoms with Crippen LogP contribution in [0.3, 0.4) is 0 Å². The Labute approximate surface area is 175 Å². The first kappa shape index (κ1) is 19.8. The predicted octanol–water partition coefficient (Wildman–Crippen LogP) is 3.21. The minimum Gasteiger partial charge on any atom is -0.346 e. The fraction of sp³-hybridized carbons (Fsp3) is 0.409. The van der Waals surface area contributed by atoms with Gasteiger partial charge in [0.05, 0.1) is 6.04 Å². The van der Waals surface area contributed by atoms with E-state index in [0.29, 0.717) is 6.42 Å². The summed E-state index contributed by atoms with van der Waals surface area (Å²) in [5, 5.41) is 14.0. The maximum absolute atomic E-state index is 12.4. The van der Waals surface area contributed by atoms with Crippen LogP contribution in [0.2, 0.25) is 0 Å². The molecular formula is C22H27N5OS.